The van der Waals surface area contributed by atoms with E-state index in [1.165, 1.54) is 65.0 Å². The van der Waals surface area contributed by atoms with E-state index in [1.54, 1.807) is 0 Å². The van der Waals surface area contributed by atoms with Crippen molar-refractivity contribution in [3.8, 4) is 0 Å². The number of hydrogen-bond acceptors (Lipinski definition) is 4. The van der Waals surface area contributed by atoms with Crippen molar-refractivity contribution in [3.63, 3.8) is 0 Å². The Kier molecular flexibility index (Phi) is 4.42. The molecule has 3 fully saturated rings. The molecule has 4 nitrogen and oxygen atoms in total. The van der Waals surface area contributed by atoms with E-state index in [9.17, 15) is 0 Å². The van der Waals surface area contributed by atoms with Crippen LogP contribution in [0.25, 0.3) is 0 Å². The standard InChI is InChI=1S/C15H29N3O/c1-17-8-4-15(5-9-17)13-18(10-11-19-15)12-14-2-6-16-7-3-14/h14,16H,2-13H2,1H3. The van der Waals surface area contributed by atoms with Crippen LogP contribution in [0.5, 0.6) is 0 Å². The predicted octanol–water partition coefficient (Wildman–Crippen LogP) is 0.783. The number of hydrogen-bond donors (Lipinski definition) is 1. The Morgan fingerprint density at radius 3 is 2.63 bits per heavy atom. The molecule has 3 heterocycles. The molecule has 110 valence electrons. The number of morpholine rings is 1. The van der Waals surface area contributed by atoms with Gasteiger partial charge in [-0.1, -0.05) is 0 Å². The molecule has 3 saturated heterocycles. The highest BCUT2D eigenvalue weighted by Crippen LogP contribution is 2.30. The van der Waals surface area contributed by atoms with Gasteiger partial charge in [-0.2, -0.15) is 0 Å². The molecule has 1 spiro atoms. The van der Waals surface area contributed by atoms with Gasteiger partial charge in [0, 0.05) is 32.7 Å². The number of piperidine rings is 2. The van der Waals surface area contributed by atoms with Crippen LogP contribution in [-0.2, 0) is 4.74 Å². The predicted molar refractivity (Wildman–Crippen MR) is 77.4 cm³/mol. The Morgan fingerprint density at radius 1 is 1.16 bits per heavy atom. The lowest BCUT2D eigenvalue weighted by atomic mass is 9.88. The van der Waals surface area contributed by atoms with E-state index in [2.05, 4.69) is 22.2 Å². The van der Waals surface area contributed by atoms with Crippen LogP contribution in [0.2, 0.25) is 0 Å². The Balaban J connectivity index is 1.52. The molecule has 3 aliphatic rings. The first-order valence-electron chi connectivity index (χ1n) is 8.01. The molecule has 3 rings (SSSR count). The van der Waals surface area contributed by atoms with E-state index >= 15 is 0 Å². The summed E-state index contributed by atoms with van der Waals surface area (Å²) in [5.74, 6) is 0.905. The molecule has 0 aromatic rings. The first-order valence-corrected chi connectivity index (χ1v) is 8.01. The molecule has 1 N–H and O–H groups in total. The van der Waals surface area contributed by atoms with E-state index in [0.717, 1.165) is 19.1 Å². The maximum atomic E-state index is 6.19. The van der Waals surface area contributed by atoms with Crippen molar-refractivity contribution in [1.82, 2.24) is 15.1 Å². The van der Waals surface area contributed by atoms with Crippen LogP contribution in [0.3, 0.4) is 0 Å². The molecule has 0 radical (unpaired) electrons. The van der Waals surface area contributed by atoms with Crippen molar-refractivity contribution in [2.75, 3.05) is 59.5 Å². The van der Waals surface area contributed by atoms with Crippen LogP contribution < -0.4 is 5.32 Å². The Labute approximate surface area is 117 Å². The molecule has 4 heteroatoms. The van der Waals surface area contributed by atoms with Gasteiger partial charge in [0.25, 0.3) is 0 Å². The summed E-state index contributed by atoms with van der Waals surface area (Å²) >= 11 is 0. The highest BCUT2D eigenvalue weighted by Gasteiger charge is 2.39. The lowest BCUT2D eigenvalue weighted by Gasteiger charge is -2.47. The Hall–Kier alpha value is -0.160. The SMILES string of the molecule is CN1CCC2(CC1)CN(CC1CCNCC1)CCO2. The molecule has 0 saturated carbocycles. The second-order valence-electron chi connectivity index (χ2n) is 6.76. The summed E-state index contributed by atoms with van der Waals surface area (Å²) in [6.07, 6.45) is 5.14. The largest absolute Gasteiger partial charge is 0.372 e. The van der Waals surface area contributed by atoms with E-state index in [4.69, 9.17) is 4.74 Å². The van der Waals surface area contributed by atoms with E-state index in [1.807, 2.05) is 0 Å². The number of ether oxygens (including phenoxy) is 1. The summed E-state index contributed by atoms with van der Waals surface area (Å²) in [4.78, 5) is 5.12. The molecule has 0 unspecified atom stereocenters. The number of rotatable bonds is 2. The van der Waals surface area contributed by atoms with Gasteiger partial charge in [0.2, 0.25) is 0 Å². The quantitative estimate of drug-likeness (QED) is 0.800. The van der Waals surface area contributed by atoms with Gasteiger partial charge in [-0.05, 0) is 51.7 Å². The van der Waals surface area contributed by atoms with Crippen LogP contribution in [0.4, 0.5) is 0 Å². The van der Waals surface area contributed by atoms with Crippen molar-refractivity contribution in [2.45, 2.75) is 31.3 Å². The number of likely N-dealkylation sites (tertiary alicyclic amines) is 1. The first-order chi connectivity index (χ1) is 9.26. The van der Waals surface area contributed by atoms with Crippen molar-refractivity contribution in [3.05, 3.63) is 0 Å². The van der Waals surface area contributed by atoms with Crippen LogP contribution >= 0.6 is 0 Å². The van der Waals surface area contributed by atoms with Gasteiger partial charge in [-0.3, -0.25) is 4.90 Å². The Bertz CT molecular complexity index is 283. The van der Waals surface area contributed by atoms with Gasteiger partial charge in [0.05, 0.1) is 12.2 Å². The van der Waals surface area contributed by atoms with Gasteiger partial charge in [-0.15, -0.1) is 0 Å². The van der Waals surface area contributed by atoms with Gasteiger partial charge in [0.1, 0.15) is 0 Å². The molecular weight excluding hydrogens is 238 g/mol. The molecule has 19 heavy (non-hydrogen) atoms. The molecule has 0 aliphatic carbocycles. The fourth-order valence-electron chi connectivity index (χ4n) is 3.84. The normalized spacial score (nSPS) is 30.8. The third-order valence-electron chi connectivity index (χ3n) is 5.20. The maximum Gasteiger partial charge on any atom is 0.0833 e. The van der Waals surface area contributed by atoms with Crippen LogP contribution in [0, 0.1) is 5.92 Å². The summed E-state index contributed by atoms with van der Waals surface area (Å²) in [5.41, 5.74) is 0.178. The van der Waals surface area contributed by atoms with Crippen LogP contribution in [0.15, 0.2) is 0 Å². The smallest absolute Gasteiger partial charge is 0.0833 e. The Morgan fingerprint density at radius 2 is 1.89 bits per heavy atom. The van der Waals surface area contributed by atoms with Crippen LogP contribution in [0.1, 0.15) is 25.7 Å². The van der Waals surface area contributed by atoms with Crippen molar-refractivity contribution < 1.29 is 4.74 Å². The molecule has 0 aromatic carbocycles. The molecule has 0 aromatic heterocycles. The minimum Gasteiger partial charge on any atom is -0.372 e. The molecule has 0 bridgehead atoms. The maximum absolute atomic E-state index is 6.19. The van der Waals surface area contributed by atoms with E-state index in [0.29, 0.717) is 0 Å². The zero-order valence-corrected chi connectivity index (χ0v) is 12.4. The topological polar surface area (TPSA) is 27.7 Å². The van der Waals surface area contributed by atoms with Crippen molar-refractivity contribution in [1.29, 1.82) is 0 Å². The average Bonchev–Trinajstić information content (AvgIpc) is 2.44. The number of nitrogens with one attached hydrogen (secondary N) is 1. The summed E-state index contributed by atoms with van der Waals surface area (Å²) in [6.45, 7) is 9.36. The summed E-state index contributed by atoms with van der Waals surface area (Å²) in [7, 11) is 2.22. The fourth-order valence-corrected chi connectivity index (χ4v) is 3.84. The summed E-state index contributed by atoms with van der Waals surface area (Å²) < 4.78 is 6.19. The summed E-state index contributed by atoms with van der Waals surface area (Å²) in [6, 6.07) is 0. The van der Waals surface area contributed by atoms with Crippen LogP contribution in [-0.4, -0.2) is 74.9 Å². The highest BCUT2D eigenvalue weighted by atomic mass is 16.5. The van der Waals surface area contributed by atoms with Crippen molar-refractivity contribution in [2.24, 2.45) is 5.92 Å². The molecular formula is C15H29N3O. The van der Waals surface area contributed by atoms with Gasteiger partial charge in [0.15, 0.2) is 0 Å². The van der Waals surface area contributed by atoms with Gasteiger partial charge >= 0.3 is 0 Å². The molecule has 3 aliphatic heterocycles. The lowest BCUT2D eigenvalue weighted by molar-refractivity contribution is -0.136. The molecule has 0 amide bonds. The third kappa shape index (κ3) is 3.48. The first kappa shape index (κ1) is 13.8. The highest BCUT2D eigenvalue weighted by molar-refractivity contribution is 4.92. The van der Waals surface area contributed by atoms with E-state index in [-0.39, 0.29) is 5.60 Å². The fraction of sp³-hybridized carbons (Fsp3) is 1.00. The minimum atomic E-state index is 0.178. The lowest BCUT2D eigenvalue weighted by Crippen LogP contribution is -2.57. The zero-order chi connectivity index (χ0) is 13.1. The second-order valence-corrected chi connectivity index (χ2v) is 6.76. The number of nitrogens with zero attached hydrogens (tertiary/aromatic N) is 2. The minimum absolute atomic E-state index is 0.178. The van der Waals surface area contributed by atoms with Gasteiger partial charge < -0.3 is 15.0 Å². The van der Waals surface area contributed by atoms with E-state index < -0.39 is 0 Å². The second kappa shape index (κ2) is 6.08. The molecule has 0 atom stereocenters. The monoisotopic (exact) mass is 267 g/mol. The van der Waals surface area contributed by atoms with Gasteiger partial charge in [-0.25, -0.2) is 0 Å². The van der Waals surface area contributed by atoms with Crippen molar-refractivity contribution >= 4 is 0 Å². The third-order valence-corrected chi connectivity index (χ3v) is 5.20. The summed E-state index contributed by atoms with van der Waals surface area (Å²) in [5, 5.41) is 3.46. The average molecular weight is 267 g/mol. The zero-order valence-electron chi connectivity index (χ0n) is 12.4.